The Morgan fingerprint density at radius 2 is 1.74 bits per heavy atom. The van der Waals surface area contributed by atoms with Crippen molar-refractivity contribution in [2.45, 2.75) is 25.9 Å². The van der Waals surface area contributed by atoms with Gasteiger partial charge in [-0.25, -0.2) is 0 Å². The van der Waals surface area contributed by atoms with E-state index < -0.39 is 0 Å². The fourth-order valence-electron chi connectivity index (χ4n) is 2.08. The first-order valence-electron chi connectivity index (χ1n) is 6.78. The van der Waals surface area contributed by atoms with Crippen molar-refractivity contribution in [3.8, 4) is 11.1 Å². The molecule has 0 aliphatic carbocycles. The third kappa shape index (κ3) is 4.19. The first-order valence-corrected chi connectivity index (χ1v) is 6.78. The fraction of sp³-hybridized carbons (Fsp3) is 0.294. The van der Waals surface area contributed by atoms with Gasteiger partial charge >= 0.3 is 0 Å². The lowest BCUT2D eigenvalue weighted by molar-refractivity contribution is 0.268. The molecule has 0 spiro atoms. The fourth-order valence-corrected chi connectivity index (χ4v) is 2.08. The Bertz CT molecular complexity index is 496. The van der Waals surface area contributed by atoms with Crippen molar-refractivity contribution in [1.82, 2.24) is 5.32 Å². The van der Waals surface area contributed by atoms with Crippen molar-refractivity contribution in [2.75, 3.05) is 6.61 Å². The van der Waals surface area contributed by atoms with Crippen molar-refractivity contribution in [1.29, 1.82) is 0 Å². The molecule has 2 aromatic rings. The van der Waals surface area contributed by atoms with Gasteiger partial charge in [0.1, 0.15) is 0 Å². The molecule has 0 heterocycles. The Morgan fingerprint density at radius 1 is 1.00 bits per heavy atom. The van der Waals surface area contributed by atoms with Crippen LogP contribution in [0.5, 0.6) is 0 Å². The number of hydrogen-bond donors (Lipinski definition) is 2. The largest absolute Gasteiger partial charge is 0.396 e. The molecular weight excluding hydrogens is 234 g/mol. The highest BCUT2D eigenvalue weighted by atomic mass is 16.3. The molecule has 0 aliphatic rings. The molecule has 0 aromatic heterocycles. The molecule has 0 saturated heterocycles. The highest BCUT2D eigenvalue weighted by Crippen LogP contribution is 2.19. The zero-order valence-electron chi connectivity index (χ0n) is 11.3. The number of rotatable bonds is 6. The zero-order valence-corrected chi connectivity index (χ0v) is 11.3. The summed E-state index contributed by atoms with van der Waals surface area (Å²) in [5, 5.41) is 12.3. The van der Waals surface area contributed by atoms with Crippen molar-refractivity contribution in [2.24, 2.45) is 0 Å². The SMILES string of the molecule is CC(CCO)NCc1cccc(-c2ccccc2)c1. The zero-order chi connectivity index (χ0) is 13.5. The number of hydrogen-bond acceptors (Lipinski definition) is 2. The van der Waals surface area contributed by atoms with Gasteiger partial charge in [0.05, 0.1) is 0 Å². The van der Waals surface area contributed by atoms with E-state index in [9.17, 15) is 0 Å². The maximum absolute atomic E-state index is 8.89. The van der Waals surface area contributed by atoms with Crippen LogP contribution in [0.1, 0.15) is 18.9 Å². The second-order valence-corrected chi connectivity index (χ2v) is 4.86. The number of benzene rings is 2. The monoisotopic (exact) mass is 255 g/mol. The summed E-state index contributed by atoms with van der Waals surface area (Å²) in [5.74, 6) is 0. The summed E-state index contributed by atoms with van der Waals surface area (Å²) in [4.78, 5) is 0. The standard InChI is InChI=1S/C17H21NO/c1-14(10-11-19)18-13-15-6-5-9-17(12-15)16-7-3-2-4-8-16/h2-9,12,14,18-19H,10-11,13H2,1H3. The Balaban J connectivity index is 2.04. The quantitative estimate of drug-likeness (QED) is 0.830. The Hall–Kier alpha value is -1.64. The molecule has 0 bridgehead atoms. The molecule has 0 aliphatic heterocycles. The van der Waals surface area contributed by atoms with E-state index in [-0.39, 0.29) is 6.61 Å². The van der Waals surface area contributed by atoms with Gasteiger partial charge in [0, 0.05) is 19.2 Å². The minimum Gasteiger partial charge on any atom is -0.396 e. The predicted octanol–water partition coefficient (Wildman–Crippen LogP) is 3.21. The summed E-state index contributed by atoms with van der Waals surface area (Å²) in [5.41, 5.74) is 3.76. The van der Waals surface area contributed by atoms with E-state index in [4.69, 9.17) is 5.11 Å². The van der Waals surface area contributed by atoms with Crippen LogP contribution in [0.15, 0.2) is 54.6 Å². The van der Waals surface area contributed by atoms with Gasteiger partial charge in [0.15, 0.2) is 0 Å². The maximum Gasteiger partial charge on any atom is 0.0445 e. The van der Waals surface area contributed by atoms with Crippen molar-refractivity contribution in [3.05, 3.63) is 60.2 Å². The molecule has 0 radical (unpaired) electrons. The molecule has 19 heavy (non-hydrogen) atoms. The van der Waals surface area contributed by atoms with Crippen molar-refractivity contribution < 1.29 is 5.11 Å². The molecule has 2 rings (SSSR count). The van der Waals surface area contributed by atoms with Gasteiger partial charge < -0.3 is 10.4 Å². The van der Waals surface area contributed by atoms with E-state index in [1.807, 2.05) is 6.07 Å². The Morgan fingerprint density at radius 3 is 2.47 bits per heavy atom. The average Bonchev–Trinajstić information content (AvgIpc) is 2.47. The first kappa shape index (κ1) is 13.8. The van der Waals surface area contributed by atoms with Gasteiger partial charge in [-0.15, -0.1) is 0 Å². The van der Waals surface area contributed by atoms with Crippen molar-refractivity contribution in [3.63, 3.8) is 0 Å². The van der Waals surface area contributed by atoms with Gasteiger partial charge in [-0.3, -0.25) is 0 Å². The van der Waals surface area contributed by atoms with Gasteiger partial charge in [0.25, 0.3) is 0 Å². The van der Waals surface area contributed by atoms with Gasteiger partial charge in [-0.05, 0) is 36.1 Å². The van der Waals surface area contributed by atoms with Crippen LogP contribution in [0.4, 0.5) is 0 Å². The maximum atomic E-state index is 8.89. The topological polar surface area (TPSA) is 32.3 Å². The molecule has 0 amide bonds. The third-order valence-corrected chi connectivity index (χ3v) is 3.25. The summed E-state index contributed by atoms with van der Waals surface area (Å²) in [6.07, 6.45) is 0.790. The highest BCUT2D eigenvalue weighted by Gasteiger charge is 2.02. The number of nitrogens with one attached hydrogen (secondary N) is 1. The summed E-state index contributed by atoms with van der Waals surface area (Å²) >= 11 is 0. The molecular formula is C17H21NO. The predicted molar refractivity (Wildman–Crippen MR) is 79.9 cm³/mol. The average molecular weight is 255 g/mol. The second-order valence-electron chi connectivity index (χ2n) is 4.86. The Kier molecular flexibility index (Phi) is 5.13. The van der Waals surface area contributed by atoms with E-state index in [0.717, 1.165) is 13.0 Å². The first-order chi connectivity index (χ1) is 9.29. The summed E-state index contributed by atoms with van der Waals surface area (Å²) in [7, 11) is 0. The van der Waals surface area contributed by atoms with Crippen molar-refractivity contribution >= 4 is 0 Å². The Labute approximate surface area is 115 Å². The lowest BCUT2D eigenvalue weighted by atomic mass is 10.0. The van der Waals surface area contributed by atoms with Crippen LogP contribution in [-0.2, 0) is 6.54 Å². The van der Waals surface area contributed by atoms with Crippen LogP contribution in [-0.4, -0.2) is 17.8 Å². The summed E-state index contributed by atoms with van der Waals surface area (Å²) in [6.45, 7) is 3.16. The van der Waals surface area contributed by atoms with Gasteiger partial charge in [-0.1, -0.05) is 48.5 Å². The lowest BCUT2D eigenvalue weighted by Gasteiger charge is -2.13. The minimum atomic E-state index is 0.234. The number of aliphatic hydroxyl groups excluding tert-OH is 1. The van der Waals surface area contributed by atoms with Crippen LogP contribution in [0.3, 0.4) is 0 Å². The number of aliphatic hydroxyl groups is 1. The lowest BCUT2D eigenvalue weighted by Crippen LogP contribution is -2.26. The van der Waals surface area contributed by atoms with E-state index >= 15 is 0 Å². The highest BCUT2D eigenvalue weighted by molar-refractivity contribution is 5.63. The van der Waals surface area contributed by atoms with E-state index in [1.54, 1.807) is 0 Å². The smallest absolute Gasteiger partial charge is 0.0445 e. The van der Waals surface area contributed by atoms with E-state index in [0.29, 0.717) is 6.04 Å². The second kappa shape index (κ2) is 7.07. The molecule has 0 fully saturated rings. The molecule has 2 N–H and O–H groups in total. The van der Waals surface area contributed by atoms with Crippen LogP contribution in [0, 0.1) is 0 Å². The summed E-state index contributed by atoms with van der Waals surface area (Å²) in [6, 6.07) is 19.3. The summed E-state index contributed by atoms with van der Waals surface area (Å²) < 4.78 is 0. The van der Waals surface area contributed by atoms with Gasteiger partial charge in [-0.2, -0.15) is 0 Å². The van der Waals surface area contributed by atoms with Crippen LogP contribution in [0.25, 0.3) is 11.1 Å². The molecule has 2 aromatic carbocycles. The van der Waals surface area contributed by atoms with Crippen LogP contribution < -0.4 is 5.32 Å². The van der Waals surface area contributed by atoms with Gasteiger partial charge in [0.2, 0.25) is 0 Å². The molecule has 0 saturated carbocycles. The van der Waals surface area contributed by atoms with E-state index in [2.05, 4.69) is 60.8 Å². The molecule has 1 unspecified atom stereocenters. The molecule has 2 nitrogen and oxygen atoms in total. The normalized spacial score (nSPS) is 12.3. The minimum absolute atomic E-state index is 0.234. The molecule has 2 heteroatoms. The third-order valence-electron chi connectivity index (χ3n) is 3.25. The molecule has 1 atom stereocenters. The molecule has 100 valence electrons. The van der Waals surface area contributed by atoms with E-state index in [1.165, 1.54) is 16.7 Å². The van der Waals surface area contributed by atoms with Crippen LogP contribution in [0.2, 0.25) is 0 Å². The van der Waals surface area contributed by atoms with Crippen LogP contribution >= 0.6 is 0 Å².